The average Bonchev–Trinajstić information content (AvgIpc) is 3.09. The van der Waals surface area contributed by atoms with Crippen LogP contribution >= 0.6 is 0 Å². The maximum atomic E-state index is 13.1. The van der Waals surface area contributed by atoms with Crippen molar-refractivity contribution in [3.8, 4) is 0 Å². The van der Waals surface area contributed by atoms with E-state index in [0.717, 1.165) is 5.56 Å². The van der Waals surface area contributed by atoms with Crippen LogP contribution in [0.1, 0.15) is 40.1 Å². The second-order valence-electron chi connectivity index (χ2n) is 7.01. The largest absolute Gasteiger partial charge is 0.481 e. The molecule has 1 amide bonds. The van der Waals surface area contributed by atoms with Crippen molar-refractivity contribution in [3.05, 3.63) is 64.9 Å². The smallest absolute Gasteiger partial charge is 0.312 e. The van der Waals surface area contributed by atoms with Crippen molar-refractivity contribution < 1.29 is 33.4 Å². The highest BCUT2D eigenvalue weighted by Gasteiger charge is 2.23. The van der Waals surface area contributed by atoms with Gasteiger partial charge in [-0.15, -0.1) is 0 Å². The highest BCUT2D eigenvalue weighted by molar-refractivity contribution is 6.11. The van der Waals surface area contributed by atoms with Crippen LogP contribution in [0.4, 0.5) is 5.69 Å². The number of nitrogens with one attached hydrogen (secondary N) is 1. The van der Waals surface area contributed by atoms with E-state index in [1.807, 2.05) is 19.1 Å². The van der Waals surface area contributed by atoms with Gasteiger partial charge in [-0.05, 0) is 25.5 Å². The second kappa shape index (κ2) is 9.25. The van der Waals surface area contributed by atoms with Crippen LogP contribution in [-0.2, 0) is 25.5 Å². The second-order valence-corrected chi connectivity index (χ2v) is 7.01. The molecule has 0 aliphatic heterocycles. The number of amides is 1. The molecule has 0 bridgehead atoms. The number of hydrogen-bond acceptors (Lipinski definition) is 6. The molecule has 0 aliphatic carbocycles. The molecule has 1 heterocycles. The fourth-order valence-electron chi connectivity index (χ4n) is 3.17. The highest BCUT2D eigenvalue weighted by atomic mass is 16.5. The normalized spacial score (nSPS) is 10.6. The molecule has 8 heteroatoms. The maximum Gasteiger partial charge on any atom is 0.312 e. The molecule has 0 atom stereocenters. The Kier molecular flexibility index (Phi) is 6.49. The molecular formula is C23H21NO7. The minimum Gasteiger partial charge on any atom is -0.481 e. The standard InChI is InChI=1S/C23H21NO7/c1-13-3-5-14(6-4-13)22(29)23-17(9-10-21(28)30-2)16-8-7-15(11-18(16)31-23)24-19(25)12-20(26)27/h3-8,11H,9-10,12H2,1-2H3,(H,24,25)(H,26,27). The Morgan fingerprint density at radius 3 is 2.42 bits per heavy atom. The van der Waals surface area contributed by atoms with Crippen LogP contribution in [0, 0.1) is 6.92 Å². The van der Waals surface area contributed by atoms with Gasteiger partial charge in [-0.2, -0.15) is 0 Å². The Balaban J connectivity index is 2.00. The number of furan rings is 1. The summed E-state index contributed by atoms with van der Waals surface area (Å²) in [6.45, 7) is 1.91. The van der Waals surface area contributed by atoms with Crippen molar-refractivity contribution in [3.63, 3.8) is 0 Å². The molecule has 0 aliphatic rings. The number of methoxy groups -OCH3 is 1. The number of anilines is 1. The topological polar surface area (TPSA) is 123 Å². The third-order valence-electron chi connectivity index (χ3n) is 4.72. The van der Waals surface area contributed by atoms with Crippen LogP contribution in [-0.4, -0.2) is 35.8 Å². The van der Waals surface area contributed by atoms with Gasteiger partial charge < -0.3 is 19.6 Å². The first-order chi connectivity index (χ1) is 14.8. The number of benzene rings is 2. The number of ketones is 1. The zero-order chi connectivity index (χ0) is 22.5. The van der Waals surface area contributed by atoms with Gasteiger partial charge in [0.2, 0.25) is 11.7 Å². The first-order valence-electron chi connectivity index (χ1n) is 9.53. The Bertz CT molecular complexity index is 1160. The van der Waals surface area contributed by atoms with Gasteiger partial charge >= 0.3 is 11.9 Å². The zero-order valence-electron chi connectivity index (χ0n) is 17.1. The molecule has 3 rings (SSSR count). The van der Waals surface area contributed by atoms with Gasteiger partial charge in [0, 0.05) is 34.7 Å². The van der Waals surface area contributed by atoms with Gasteiger partial charge in [-0.1, -0.05) is 29.8 Å². The number of fused-ring (bicyclic) bond motifs is 1. The summed E-state index contributed by atoms with van der Waals surface area (Å²) in [4.78, 5) is 47.2. The lowest BCUT2D eigenvalue weighted by Gasteiger charge is -2.04. The molecular weight excluding hydrogens is 402 g/mol. The van der Waals surface area contributed by atoms with Gasteiger partial charge in [0.15, 0.2) is 5.76 Å². The summed E-state index contributed by atoms with van der Waals surface area (Å²) in [5.74, 6) is -2.56. The molecule has 8 nitrogen and oxygen atoms in total. The third-order valence-corrected chi connectivity index (χ3v) is 4.72. The molecule has 2 aromatic carbocycles. The number of rotatable bonds is 8. The summed E-state index contributed by atoms with van der Waals surface area (Å²) in [7, 11) is 1.29. The number of carboxylic acids is 1. The van der Waals surface area contributed by atoms with E-state index in [1.54, 1.807) is 24.3 Å². The van der Waals surface area contributed by atoms with E-state index in [1.165, 1.54) is 13.2 Å². The number of hydrogen-bond donors (Lipinski definition) is 2. The number of aryl methyl sites for hydroxylation is 2. The SMILES string of the molecule is COC(=O)CCc1c(C(=O)c2ccc(C)cc2)oc2cc(NC(=O)CC(=O)O)ccc12. The molecule has 31 heavy (non-hydrogen) atoms. The van der Waals surface area contributed by atoms with Crippen molar-refractivity contribution in [2.24, 2.45) is 0 Å². The minimum atomic E-state index is -1.24. The Morgan fingerprint density at radius 1 is 1.06 bits per heavy atom. The number of carbonyl (C=O) groups is 4. The van der Waals surface area contributed by atoms with E-state index in [4.69, 9.17) is 14.3 Å². The van der Waals surface area contributed by atoms with E-state index in [2.05, 4.69) is 5.32 Å². The lowest BCUT2D eigenvalue weighted by Crippen LogP contribution is -2.15. The van der Waals surface area contributed by atoms with Crippen LogP contribution in [0.25, 0.3) is 11.0 Å². The van der Waals surface area contributed by atoms with E-state index in [0.29, 0.717) is 27.8 Å². The number of ether oxygens (including phenoxy) is 1. The molecule has 0 unspecified atom stereocenters. The van der Waals surface area contributed by atoms with Gasteiger partial charge in [0.1, 0.15) is 12.0 Å². The van der Waals surface area contributed by atoms with Crippen molar-refractivity contribution in [2.75, 3.05) is 12.4 Å². The minimum absolute atomic E-state index is 0.0659. The summed E-state index contributed by atoms with van der Waals surface area (Å²) in [6.07, 6.45) is -0.370. The van der Waals surface area contributed by atoms with E-state index < -0.39 is 24.3 Å². The van der Waals surface area contributed by atoms with Gasteiger partial charge in [0.05, 0.1) is 7.11 Å². The Hall–Kier alpha value is -3.94. The van der Waals surface area contributed by atoms with E-state index >= 15 is 0 Å². The van der Waals surface area contributed by atoms with Crippen LogP contribution in [0.2, 0.25) is 0 Å². The van der Waals surface area contributed by atoms with Crippen LogP contribution in [0.3, 0.4) is 0 Å². The summed E-state index contributed by atoms with van der Waals surface area (Å²) < 4.78 is 10.5. The van der Waals surface area contributed by atoms with Crippen LogP contribution < -0.4 is 5.32 Å². The molecule has 2 N–H and O–H groups in total. The monoisotopic (exact) mass is 423 g/mol. The van der Waals surface area contributed by atoms with Crippen molar-refractivity contribution in [2.45, 2.75) is 26.2 Å². The first kappa shape index (κ1) is 21.8. The highest BCUT2D eigenvalue weighted by Crippen LogP contribution is 2.31. The maximum absolute atomic E-state index is 13.1. The molecule has 160 valence electrons. The number of carboxylic acid groups (broad SMARTS) is 1. The number of aliphatic carboxylic acids is 1. The van der Waals surface area contributed by atoms with Gasteiger partial charge in [0.25, 0.3) is 0 Å². The van der Waals surface area contributed by atoms with Gasteiger partial charge in [-0.3, -0.25) is 19.2 Å². The zero-order valence-corrected chi connectivity index (χ0v) is 17.1. The third kappa shape index (κ3) is 5.16. The predicted molar refractivity (Wildman–Crippen MR) is 112 cm³/mol. The van der Waals surface area contributed by atoms with Gasteiger partial charge in [-0.25, -0.2) is 0 Å². The van der Waals surface area contributed by atoms with E-state index in [9.17, 15) is 19.2 Å². The summed E-state index contributed by atoms with van der Waals surface area (Å²) in [5.41, 5.74) is 2.69. The van der Waals surface area contributed by atoms with E-state index in [-0.39, 0.29) is 24.4 Å². The number of carbonyl (C=O) groups excluding carboxylic acids is 3. The molecule has 0 radical (unpaired) electrons. The molecule has 0 spiro atoms. The van der Waals surface area contributed by atoms with Crippen molar-refractivity contribution in [1.82, 2.24) is 0 Å². The lowest BCUT2D eigenvalue weighted by molar-refractivity contribution is -0.141. The van der Waals surface area contributed by atoms with Crippen LogP contribution in [0.5, 0.6) is 0 Å². The molecule has 3 aromatic rings. The first-order valence-corrected chi connectivity index (χ1v) is 9.53. The summed E-state index contributed by atoms with van der Waals surface area (Å²) in [6, 6.07) is 11.8. The Labute approximate surface area is 177 Å². The number of esters is 1. The molecule has 0 fully saturated rings. The fourth-order valence-corrected chi connectivity index (χ4v) is 3.17. The Morgan fingerprint density at radius 2 is 1.77 bits per heavy atom. The van der Waals surface area contributed by atoms with Crippen molar-refractivity contribution >= 4 is 40.3 Å². The summed E-state index contributed by atoms with van der Waals surface area (Å²) >= 11 is 0. The predicted octanol–water partition coefficient (Wildman–Crippen LogP) is 3.49. The average molecular weight is 423 g/mol. The van der Waals surface area contributed by atoms with Crippen LogP contribution in [0.15, 0.2) is 46.9 Å². The van der Waals surface area contributed by atoms with Crippen molar-refractivity contribution in [1.29, 1.82) is 0 Å². The quantitative estimate of drug-likeness (QED) is 0.323. The molecule has 0 saturated heterocycles. The fraction of sp³-hybridized carbons (Fsp3) is 0.217. The lowest BCUT2D eigenvalue weighted by atomic mass is 9.99. The summed E-state index contributed by atoms with van der Waals surface area (Å²) in [5, 5.41) is 11.8. The molecule has 1 aromatic heterocycles. The molecule has 0 saturated carbocycles.